The number of nitrogens with one attached hydrogen (secondary N) is 3. The molecule has 9 rings (SSSR count). The Bertz CT molecular complexity index is 4380. The predicted molar refractivity (Wildman–Crippen MR) is 469 cm³/mol. The quantitative estimate of drug-likeness (QED) is 0.0175. The molecule has 29 nitrogen and oxygen atoms in total. The van der Waals surface area contributed by atoms with Crippen molar-refractivity contribution < 1.29 is 138 Å². The summed E-state index contributed by atoms with van der Waals surface area (Å²) in [6.45, 7) is 9.81. The van der Waals surface area contributed by atoms with Gasteiger partial charge in [0.2, 0.25) is 0 Å². The maximum Gasteiger partial charge on any atom is 0.490 e. The lowest BCUT2D eigenvalue weighted by Gasteiger charge is -2.29. The van der Waals surface area contributed by atoms with E-state index in [0.717, 1.165) is 51.4 Å². The van der Waals surface area contributed by atoms with E-state index in [1.54, 1.807) is 154 Å². The van der Waals surface area contributed by atoms with Crippen molar-refractivity contribution in [3.05, 3.63) is 175 Å². The zero-order valence-corrected chi connectivity index (χ0v) is 75.7. The highest BCUT2D eigenvalue weighted by molar-refractivity contribution is 9.09. The summed E-state index contributed by atoms with van der Waals surface area (Å²) in [4.78, 5) is 87.6. The van der Waals surface area contributed by atoms with Crippen molar-refractivity contribution in [3.8, 4) is 69.0 Å². The monoisotopic (exact) mass is 1940 g/mol. The van der Waals surface area contributed by atoms with Crippen LogP contribution in [0.1, 0.15) is 97.2 Å². The van der Waals surface area contributed by atoms with E-state index < -0.39 is 48.9 Å². The first-order valence-corrected chi connectivity index (χ1v) is 40.6. The van der Waals surface area contributed by atoms with Crippen LogP contribution in [-0.2, 0) is 47.8 Å². The van der Waals surface area contributed by atoms with Gasteiger partial charge in [-0.1, -0.05) is 97.1 Å². The van der Waals surface area contributed by atoms with Gasteiger partial charge < -0.3 is 104 Å². The molecule has 0 saturated heterocycles. The summed E-state index contributed by atoms with van der Waals surface area (Å²) in [5.41, 5.74) is 4.95. The molecule has 0 heterocycles. The standard InChI is InChI=1S/C23H26Cl2N2O5.C14H19ClN2O2.C13H17ClO4.2C9H9ClO4.C7H7ClO2.C6H11BrO2.C2HF3O2.3H2/c1-30-21-12-16(25)4-11-20(21)32-14-23(29)27-18-7-5-17(6-8-18)26-22(28)13-31-19-9-2-15(24)3-10-19;15-10-1-7-13(8-2-10)19-9-14(18)17-12-5-3-11(16)4-6-12;1-13(2,3)18-12(15)8-17-10-6-5-9(14)7-11(10)16-4;2*1-13-8-4-6(10)2-3-7(8)14-5-9(11)12;1-10-7-4-5(8)2-3-6(7)9;1-6(2,3)9-5(8)4-7;3-2(4,5)1(6)7;;;/h2-4,9-12,17-18H,5-8,13-14H2,1H3,(H,26,28)(H,27,29);1-2,7-8,11-12H,3-6,9,16H2,(H,17,18);5-7H,8H2,1-4H3;2*2-4H,5H2,1H3,(H,11,12);2-4,9H,1H3;4H2,1-3H3;(H,6,7);3*1H. The number of aromatic hydroxyl groups is 1. The summed E-state index contributed by atoms with van der Waals surface area (Å²) in [6, 6.07) is 38.4. The molecular weight excluding hydrogens is 1840 g/mol. The zero-order valence-electron chi connectivity index (χ0n) is 68.8. The second-order valence-corrected chi connectivity index (χ2v) is 31.0. The van der Waals surface area contributed by atoms with Gasteiger partial charge in [0.25, 0.3) is 17.7 Å². The number of halogens is 11. The molecular formula is C83H105BrCl7F3N4O25. The number of hydrogen-bond acceptors (Lipinski definition) is 23. The number of carboxylic acid groups (broad SMARTS) is 3. The Morgan fingerprint density at radius 1 is 0.382 bits per heavy atom. The number of alkyl halides is 4. The van der Waals surface area contributed by atoms with Crippen LogP contribution in [0.15, 0.2) is 140 Å². The summed E-state index contributed by atoms with van der Waals surface area (Å²) < 4.78 is 98.4. The predicted octanol–water partition coefficient (Wildman–Crippen LogP) is 17.9. The number of phenols is 1. The van der Waals surface area contributed by atoms with Crippen molar-refractivity contribution in [2.45, 2.75) is 134 Å². The number of phenolic OH excluding ortho intramolecular Hbond substituents is 1. The molecule has 2 fully saturated rings. The second-order valence-electron chi connectivity index (χ2n) is 27.4. The average molecular weight is 1940 g/mol. The Morgan fingerprint density at radius 3 is 0.894 bits per heavy atom. The Kier molecular flexibility index (Phi) is 51.1. The van der Waals surface area contributed by atoms with Gasteiger partial charge in [-0.25, -0.2) is 19.2 Å². The van der Waals surface area contributed by atoms with Crippen LogP contribution < -0.4 is 73.8 Å². The van der Waals surface area contributed by atoms with Crippen molar-refractivity contribution in [2.24, 2.45) is 5.73 Å². The van der Waals surface area contributed by atoms with E-state index in [1.165, 1.54) is 41.6 Å². The minimum Gasteiger partial charge on any atom is -0.504 e. The smallest absolute Gasteiger partial charge is 0.490 e. The summed E-state index contributed by atoms with van der Waals surface area (Å²) >= 11 is 43.4. The number of esters is 2. The first kappa shape index (κ1) is 109. The number of carbonyl (C=O) groups excluding carboxylic acids is 5. The molecule has 2 aliphatic carbocycles. The number of carboxylic acids is 3. The van der Waals surface area contributed by atoms with E-state index in [4.69, 9.17) is 174 Å². The molecule has 9 N–H and O–H groups in total. The van der Waals surface area contributed by atoms with Crippen molar-refractivity contribution in [1.82, 2.24) is 16.0 Å². The Hall–Kier alpha value is -9.84. The first-order chi connectivity index (χ1) is 57.8. The van der Waals surface area contributed by atoms with Gasteiger partial charge in [0.15, 0.2) is 97.1 Å². The average Bonchev–Trinajstić information content (AvgIpc) is 0.878. The molecule has 2 aliphatic rings. The number of nitrogens with two attached hydrogens (primary N) is 1. The molecule has 7 aromatic carbocycles. The molecule has 3 amide bonds. The van der Waals surface area contributed by atoms with E-state index in [1.807, 2.05) is 20.8 Å². The van der Waals surface area contributed by atoms with Crippen LogP contribution in [0.25, 0.3) is 0 Å². The fourth-order valence-corrected chi connectivity index (χ4v) is 11.0. The van der Waals surface area contributed by atoms with Gasteiger partial charge in [-0.05, 0) is 202 Å². The van der Waals surface area contributed by atoms with Gasteiger partial charge in [-0.2, -0.15) is 13.2 Å². The molecule has 0 bridgehead atoms. The van der Waals surface area contributed by atoms with Crippen LogP contribution in [-0.4, -0.2) is 190 Å². The van der Waals surface area contributed by atoms with Gasteiger partial charge >= 0.3 is 36.0 Å². The topological polar surface area (TPSA) is 400 Å². The molecule has 0 atom stereocenters. The van der Waals surface area contributed by atoms with Crippen molar-refractivity contribution in [2.75, 3.05) is 80.5 Å². The van der Waals surface area contributed by atoms with Gasteiger partial charge in [-0.3, -0.25) is 19.2 Å². The minimum atomic E-state index is -5.08. The third-order valence-corrected chi connectivity index (χ3v) is 17.3. The minimum absolute atomic E-state index is 0. The summed E-state index contributed by atoms with van der Waals surface area (Å²) in [6.07, 6.45) is 1.89. The van der Waals surface area contributed by atoms with E-state index in [-0.39, 0.29) is 89.2 Å². The molecule has 0 aromatic heterocycles. The molecule has 0 unspecified atom stereocenters. The van der Waals surface area contributed by atoms with Crippen LogP contribution in [0.2, 0.25) is 35.2 Å². The molecule has 2 saturated carbocycles. The first-order valence-electron chi connectivity index (χ1n) is 36.8. The van der Waals surface area contributed by atoms with E-state index in [9.17, 15) is 46.7 Å². The van der Waals surface area contributed by atoms with Crippen molar-refractivity contribution in [1.29, 1.82) is 0 Å². The second kappa shape index (κ2) is 57.6. The fraction of sp³-hybridized carbons (Fsp3) is 0.398. The molecule has 0 radical (unpaired) electrons. The van der Waals surface area contributed by atoms with Crippen LogP contribution in [0, 0.1) is 0 Å². The molecule has 0 spiro atoms. The maximum absolute atomic E-state index is 12.3. The molecule has 7 aromatic rings. The summed E-state index contributed by atoms with van der Waals surface area (Å²) in [5.74, 6) is -0.799. The van der Waals surface area contributed by atoms with Gasteiger partial charge in [0, 0.05) is 93.9 Å². The largest absolute Gasteiger partial charge is 0.504 e. The molecule has 40 heteroatoms. The van der Waals surface area contributed by atoms with Crippen LogP contribution in [0.5, 0.6) is 69.0 Å². The fourth-order valence-electron chi connectivity index (χ4n) is 9.81. The number of rotatable bonds is 27. The Labute approximate surface area is 758 Å². The van der Waals surface area contributed by atoms with Gasteiger partial charge in [-0.15, -0.1) is 0 Å². The lowest BCUT2D eigenvalue weighted by molar-refractivity contribution is -0.192. The van der Waals surface area contributed by atoms with Gasteiger partial charge in [0.05, 0.1) is 35.5 Å². The maximum atomic E-state index is 12.3. The summed E-state index contributed by atoms with van der Waals surface area (Å²) in [5, 5.41) is 46.1. The van der Waals surface area contributed by atoms with Crippen molar-refractivity contribution in [3.63, 3.8) is 0 Å². The highest BCUT2D eigenvalue weighted by atomic mass is 79.9. The number of benzene rings is 7. The van der Waals surface area contributed by atoms with E-state index >= 15 is 0 Å². The van der Waals surface area contributed by atoms with Gasteiger partial charge in [0.1, 0.15) is 28.0 Å². The van der Waals surface area contributed by atoms with E-state index in [2.05, 4.69) is 31.9 Å². The molecule has 123 heavy (non-hydrogen) atoms. The normalized spacial score (nSPS) is 14.2. The zero-order chi connectivity index (χ0) is 92.6. The van der Waals surface area contributed by atoms with E-state index in [0.29, 0.717) is 104 Å². The SMILES string of the molecule is CC(C)(C)OC(=O)CBr.COc1cc(Cl)ccc1O.COc1cc(Cl)ccc1OCC(=O)NC1CCC(NC(=O)COc2ccc(Cl)cc2)CC1.COc1cc(Cl)ccc1OCC(=O)O.COc1cc(Cl)ccc1OCC(=O)O.COc1cc(Cl)ccc1OCC(=O)OC(C)(C)C.NC1CCC(NC(=O)COc2ccc(Cl)cc2)CC1.O=C(O)C(F)(F)F.[HH].[HH].[HH]. The number of methoxy groups -OCH3 is 5. The van der Waals surface area contributed by atoms with Crippen molar-refractivity contribution >= 4 is 145 Å². The third-order valence-electron chi connectivity index (χ3n) is 15.2. The Morgan fingerprint density at radius 2 is 0.634 bits per heavy atom. The number of hydrogen-bond donors (Lipinski definition) is 8. The number of aliphatic carboxylic acids is 3. The number of ether oxygens (including phenoxy) is 13. The van der Waals surface area contributed by atoms with Crippen LogP contribution >= 0.6 is 97.1 Å². The Balaban J connectivity index is 0. The highest BCUT2D eigenvalue weighted by Gasteiger charge is 2.38. The summed E-state index contributed by atoms with van der Waals surface area (Å²) in [7, 11) is 7.41. The number of amides is 3. The molecule has 0 aliphatic heterocycles. The third kappa shape index (κ3) is 49.9. The van der Waals surface area contributed by atoms with Crippen LogP contribution in [0.4, 0.5) is 13.2 Å². The molecule has 684 valence electrons. The number of carbonyl (C=O) groups is 8. The lowest BCUT2D eigenvalue weighted by atomic mass is 9.91. The van der Waals surface area contributed by atoms with Crippen LogP contribution in [0.3, 0.4) is 0 Å². The lowest BCUT2D eigenvalue weighted by Crippen LogP contribution is -2.45. The highest BCUT2D eigenvalue weighted by Crippen LogP contribution is 2.35.